The van der Waals surface area contributed by atoms with Crippen molar-refractivity contribution in [1.29, 1.82) is 0 Å². The van der Waals surface area contributed by atoms with Crippen LogP contribution in [-0.4, -0.2) is 18.5 Å². The van der Waals surface area contributed by atoms with Crippen LogP contribution in [0.4, 0.5) is 5.69 Å². The maximum atomic E-state index is 11.8. The van der Waals surface area contributed by atoms with E-state index in [1.165, 1.54) is 0 Å². The Balaban J connectivity index is 1.91. The number of hydrogen-bond acceptors (Lipinski definition) is 3. The van der Waals surface area contributed by atoms with Gasteiger partial charge in [0.1, 0.15) is 0 Å². The van der Waals surface area contributed by atoms with Gasteiger partial charge in [0.2, 0.25) is 0 Å². The van der Waals surface area contributed by atoms with E-state index < -0.39 is 11.9 Å². The lowest BCUT2D eigenvalue weighted by Crippen LogP contribution is -2.21. The van der Waals surface area contributed by atoms with Gasteiger partial charge in [0.05, 0.1) is 5.56 Å². The molecule has 0 aliphatic heterocycles. The van der Waals surface area contributed by atoms with Crippen LogP contribution in [0.1, 0.15) is 15.9 Å². The maximum Gasteiger partial charge on any atom is 0.338 e. The van der Waals surface area contributed by atoms with Gasteiger partial charge in [-0.2, -0.15) is 0 Å². The number of ether oxygens (including phenoxy) is 1. The lowest BCUT2D eigenvalue weighted by molar-refractivity contribution is -0.119. The number of nitrogens with one attached hydrogen (secondary N) is 1. The average molecular weight is 304 g/mol. The second-order valence-electron chi connectivity index (χ2n) is 4.40. The van der Waals surface area contributed by atoms with E-state index >= 15 is 0 Å². The summed E-state index contributed by atoms with van der Waals surface area (Å²) in [6.45, 7) is 1.45. The van der Waals surface area contributed by atoms with Crippen LogP contribution in [0.3, 0.4) is 0 Å². The fraction of sp³-hybridized carbons (Fsp3) is 0.125. The number of amides is 1. The number of carbonyl (C=O) groups excluding carboxylic acids is 2. The van der Waals surface area contributed by atoms with Gasteiger partial charge in [-0.3, -0.25) is 4.79 Å². The molecule has 0 saturated carbocycles. The molecule has 2 aromatic rings. The zero-order valence-corrected chi connectivity index (χ0v) is 12.2. The van der Waals surface area contributed by atoms with Crippen LogP contribution in [0.25, 0.3) is 0 Å². The number of carbonyl (C=O) groups is 2. The van der Waals surface area contributed by atoms with E-state index in [2.05, 4.69) is 5.32 Å². The molecule has 0 saturated heterocycles. The van der Waals surface area contributed by atoms with Gasteiger partial charge in [-0.15, -0.1) is 0 Å². The Bertz CT molecular complexity index is 656. The third-order valence-electron chi connectivity index (χ3n) is 2.89. The van der Waals surface area contributed by atoms with E-state index in [0.717, 1.165) is 5.56 Å². The van der Waals surface area contributed by atoms with Crippen LogP contribution in [0.2, 0.25) is 5.02 Å². The molecule has 2 aromatic carbocycles. The first-order valence-electron chi connectivity index (χ1n) is 6.35. The summed E-state index contributed by atoms with van der Waals surface area (Å²) in [5, 5.41) is 3.22. The van der Waals surface area contributed by atoms with Gasteiger partial charge in [0.25, 0.3) is 5.91 Å². The van der Waals surface area contributed by atoms with Crippen molar-refractivity contribution in [2.75, 3.05) is 11.9 Å². The summed E-state index contributed by atoms with van der Waals surface area (Å²) in [7, 11) is 0. The number of halogens is 1. The first-order valence-corrected chi connectivity index (χ1v) is 6.73. The standard InChI is InChI=1S/C16H14ClNO3/c1-11-13(17)8-5-9-14(11)18-15(19)10-21-16(20)12-6-3-2-4-7-12/h2-9H,10H2,1H3,(H,18,19). The highest BCUT2D eigenvalue weighted by Crippen LogP contribution is 2.22. The van der Waals surface area contributed by atoms with Gasteiger partial charge in [-0.05, 0) is 36.8 Å². The molecule has 5 heteroatoms. The average Bonchev–Trinajstić information content (AvgIpc) is 2.50. The molecule has 0 fully saturated rings. The van der Waals surface area contributed by atoms with Crippen LogP contribution in [-0.2, 0) is 9.53 Å². The summed E-state index contributed by atoms with van der Waals surface area (Å²) in [6, 6.07) is 13.7. The first kappa shape index (κ1) is 15.1. The van der Waals surface area contributed by atoms with Crippen molar-refractivity contribution in [3.8, 4) is 0 Å². The summed E-state index contributed by atoms with van der Waals surface area (Å²) < 4.78 is 4.95. The van der Waals surface area contributed by atoms with E-state index in [1.54, 1.807) is 55.5 Å². The third kappa shape index (κ3) is 4.07. The predicted molar refractivity (Wildman–Crippen MR) is 81.5 cm³/mol. The Morgan fingerprint density at radius 3 is 2.52 bits per heavy atom. The minimum atomic E-state index is -0.534. The molecule has 0 atom stereocenters. The fourth-order valence-corrected chi connectivity index (χ4v) is 1.89. The Morgan fingerprint density at radius 2 is 1.81 bits per heavy atom. The van der Waals surface area contributed by atoms with Gasteiger partial charge >= 0.3 is 5.97 Å². The summed E-state index contributed by atoms with van der Waals surface area (Å²) in [5.41, 5.74) is 1.77. The molecule has 0 aromatic heterocycles. The quantitative estimate of drug-likeness (QED) is 0.880. The highest BCUT2D eigenvalue weighted by molar-refractivity contribution is 6.31. The summed E-state index contributed by atoms with van der Waals surface area (Å²) in [4.78, 5) is 23.5. The lowest BCUT2D eigenvalue weighted by atomic mass is 10.2. The molecule has 0 radical (unpaired) electrons. The van der Waals surface area contributed by atoms with Crippen molar-refractivity contribution >= 4 is 29.2 Å². The summed E-state index contributed by atoms with van der Waals surface area (Å²) >= 11 is 5.97. The largest absolute Gasteiger partial charge is 0.452 e. The monoisotopic (exact) mass is 303 g/mol. The molecule has 2 rings (SSSR count). The number of anilines is 1. The molecule has 0 unspecified atom stereocenters. The third-order valence-corrected chi connectivity index (χ3v) is 3.30. The first-order chi connectivity index (χ1) is 10.1. The normalized spacial score (nSPS) is 10.0. The van der Waals surface area contributed by atoms with Crippen molar-refractivity contribution in [3.63, 3.8) is 0 Å². The van der Waals surface area contributed by atoms with E-state index in [-0.39, 0.29) is 6.61 Å². The fourth-order valence-electron chi connectivity index (χ4n) is 1.72. The molecule has 0 aliphatic rings. The van der Waals surface area contributed by atoms with E-state index in [0.29, 0.717) is 16.3 Å². The van der Waals surface area contributed by atoms with Gasteiger partial charge in [-0.1, -0.05) is 35.9 Å². The second-order valence-corrected chi connectivity index (χ2v) is 4.81. The molecule has 108 valence electrons. The molecule has 0 heterocycles. The molecule has 21 heavy (non-hydrogen) atoms. The van der Waals surface area contributed by atoms with Crippen molar-refractivity contribution in [1.82, 2.24) is 0 Å². The van der Waals surface area contributed by atoms with Crippen LogP contribution >= 0.6 is 11.6 Å². The highest BCUT2D eigenvalue weighted by Gasteiger charge is 2.11. The Hall–Kier alpha value is -2.33. The molecular weight excluding hydrogens is 290 g/mol. The van der Waals surface area contributed by atoms with Crippen LogP contribution in [0.15, 0.2) is 48.5 Å². The molecule has 0 bridgehead atoms. The molecule has 1 amide bonds. The van der Waals surface area contributed by atoms with E-state index in [1.807, 2.05) is 0 Å². The minimum Gasteiger partial charge on any atom is -0.452 e. The summed E-state index contributed by atoms with van der Waals surface area (Å²) in [6.07, 6.45) is 0. The zero-order valence-electron chi connectivity index (χ0n) is 11.4. The van der Waals surface area contributed by atoms with Crippen molar-refractivity contribution in [2.45, 2.75) is 6.92 Å². The van der Waals surface area contributed by atoms with Crippen molar-refractivity contribution in [2.24, 2.45) is 0 Å². The number of rotatable bonds is 4. The van der Waals surface area contributed by atoms with Gasteiger partial charge < -0.3 is 10.1 Å². The van der Waals surface area contributed by atoms with Crippen LogP contribution in [0.5, 0.6) is 0 Å². The predicted octanol–water partition coefficient (Wildman–Crippen LogP) is 3.44. The molecule has 0 aliphatic carbocycles. The van der Waals surface area contributed by atoms with E-state index in [9.17, 15) is 9.59 Å². The Morgan fingerprint density at radius 1 is 1.10 bits per heavy atom. The lowest BCUT2D eigenvalue weighted by Gasteiger charge is -2.09. The second kappa shape index (κ2) is 6.90. The van der Waals surface area contributed by atoms with Gasteiger partial charge in [0, 0.05) is 10.7 Å². The maximum absolute atomic E-state index is 11.8. The minimum absolute atomic E-state index is 0.348. The molecule has 1 N–H and O–H groups in total. The number of hydrogen-bond donors (Lipinski definition) is 1. The number of benzene rings is 2. The molecule has 0 spiro atoms. The van der Waals surface area contributed by atoms with Gasteiger partial charge in [0.15, 0.2) is 6.61 Å². The summed E-state index contributed by atoms with van der Waals surface area (Å²) in [5.74, 6) is -0.946. The topological polar surface area (TPSA) is 55.4 Å². The Labute approximate surface area is 127 Å². The van der Waals surface area contributed by atoms with E-state index in [4.69, 9.17) is 16.3 Å². The SMILES string of the molecule is Cc1c(Cl)cccc1NC(=O)COC(=O)c1ccccc1. The van der Waals surface area contributed by atoms with Crippen LogP contribution in [0, 0.1) is 6.92 Å². The molecular formula is C16H14ClNO3. The highest BCUT2D eigenvalue weighted by atomic mass is 35.5. The van der Waals surface area contributed by atoms with Crippen molar-refractivity contribution < 1.29 is 14.3 Å². The Kier molecular flexibility index (Phi) is 4.95. The van der Waals surface area contributed by atoms with Crippen LogP contribution < -0.4 is 5.32 Å². The van der Waals surface area contributed by atoms with Gasteiger partial charge in [-0.25, -0.2) is 4.79 Å². The van der Waals surface area contributed by atoms with Crippen molar-refractivity contribution in [3.05, 3.63) is 64.7 Å². The molecule has 4 nitrogen and oxygen atoms in total. The zero-order chi connectivity index (χ0) is 15.2. The smallest absolute Gasteiger partial charge is 0.338 e. The number of esters is 1.